The molecule has 2 aliphatic heterocycles. The van der Waals surface area contributed by atoms with Crippen LogP contribution in [0.3, 0.4) is 0 Å². The van der Waals surface area contributed by atoms with E-state index in [2.05, 4.69) is 37.7 Å². The number of nitrogens with zero attached hydrogens (tertiary/aromatic N) is 3. The molecular weight excluding hydrogens is 368 g/mol. The molecule has 3 N–H and O–H groups in total. The Kier molecular flexibility index (Phi) is 5.59. The minimum atomic E-state index is -0.177. The summed E-state index contributed by atoms with van der Waals surface area (Å²) in [5.41, 5.74) is 3.66. The van der Waals surface area contributed by atoms with Crippen molar-refractivity contribution in [3.05, 3.63) is 53.0 Å². The smallest absolute Gasteiger partial charge is 0.315 e. The number of fused-ring (bicyclic) bond motifs is 1. The summed E-state index contributed by atoms with van der Waals surface area (Å²) < 4.78 is 0. The fraction of sp³-hybridized carbons (Fsp3) is 0.429. The van der Waals surface area contributed by atoms with Crippen LogP contribution in [0.15, 0.2) is 30.6 Å². The first-order valence-corrected chi connectivity index (χ1v) is 10.1. The molecule has 0 aliphatic carbocycles. The minimum Gasteiger partial charge on any atom is -0.356 e. The lowest BCUT2D eigenvalue weighted by Crippen LogP contribution is -2.48. The van der Waals surface area contributed by atoms with E-state index in [0.29, 0.717) is 18.7 Å². The van der Waals surface area contributed by atoms with E-state index in [4.69, 9.17) is 0 Å². The van der Waals surface area contributed by atoms with Gasteiger partial charge in [0.2, 0.25) is 0 Å². The Morgan fingerprint density at radius 3 is 2.86 bits per heavy atom. The molecule has 0 radical (unpaired) electrons. The van der Waals surface area contributed by atoms with E-state index in [9.17, 15) is 9.59 Å². The topological polar surface area (TPSA) is 99.2 Å². The molecule has 4 rings (SSSR count). The zero-order chi connectivity index (χ0) is 20.2. The second-order valence-corrected chi connectivity index (χ2v) is 7.48. The zero-order valence-electron chi connectivity index (χ0n) is 16.6. The first-order chi connectivity index (χ1) is 14.1. The Hall–Kier alpha value is -3.16. The number of amides is 3. The summed E-state index contributed by atoms with van der Waals surface area (Å²) in [6.07, 6.45) is 4.26. The number of hydrogen-bond acceptors (Lipinski definition) is 5. The van der Waals surface area contributed by atoms with Gasteiger partial charge < -0.3 is 20.9 Å². The van der Waals surface area contributed by atoms with Crippen LogP contribution in [0.2, 0.25) is 0 Å². The lowest BCUT2D eigenvalue weighted by molar-refractivity contribution is 0.0965. The predicted molar refractivity (Wildman–Crippen MR) is 110 cm³/mol. The van der Waals surface area contributed by atoms with E-state index in [1.807, 2.05) is 24.3 Å². The van der Waals surface area contributed by atoms with E-state index < -0.39 is 0 Å². The standard InChI is InChI=1S/C21H26N6O2/c1-2-16-10-19(25-13-24-16)27-7-5-17(6-8-27)26-21(29)23-11-14-3-4-15-12-22-20(28)18(15)9-14/h3-4,9-10,13,17H,2,5-8,11-12H2,1H3,(H,22,28)(H2,23,26,29). The second kappa shape index (κ2) is 8.46. The molecule has 0 atom stereocenters. The van der Waals surface area contributed by atoms with E-state index in [1.54, 1.807) is 6.33 Å². The Morgan fingerprint density at radius 2 is 2.07 bits per heavy atom. The van der Waals surface area contributed by atoms with Crippen molar-refractivity contribution in [2.45, 2.75) is 45.3 Å². The van der Waals surface area contributed by atoms with E-state index in [0.717, 1.165) is 55.0 Å². The fourth-order valence-corrected chi connectivity index (χ4v) is 3.79. The number of rotatable bonds is 5. The zero-order valence-corrected chi connectivity index (χ0v) is 16.6. The van der Waals surface area contributed by atoms with Crippen molar-refractivity contribution >= 4 is 17.8 Å². The van der Waals surface area contributed by atoms with Crippen molar-refractivity contribution in [2.24, 2.45) is 0 Å². The largest absolute Gasteiger partial charge is 0.356 e. The first kappa shape index (κ1) is 19.2. The Labute approximate surface area is 170 Å². The average Bonchev–Trinajstić information content (AvgIpc) is 3.13. The minimum absolute atomic E-state index is 0.0483. The maximum atomic E-state index is 12.3. The number of hydrogen-bond donors (Lipinski definition) is 3. The Balaban J connectivity index is 1.24. The first-order valence-electron chi connectivity index (χ1n) is 10.1. The molecule has 152 valence electrons. The number of nitrogens with one attached hydrogen (secondary N) is 3. The molecule has 8 nitrogen and oxygen atoms in total. The summed E-state index contributed by atoms with van der Waals surface area (Å²) in [5.74, 6) is 0.910. The average molecular weight is 394 g/mol. The van der Waals surface area contributed by atoms with Crippen LogP contribution in [0.1, 0.15) is 46.9 Å². The van der Waals surface area contributed by atoms with Gasteiger partial charge in [0.1, 0.15) is 12.1 Å². The van der Waals surface area contributed by atoms with Crippen molar-refractivity contribution in [1.29, 1.82) is 0 Å². The second-order valence-electron chi connectivity index (χ2n) is 7.48. The van der Waals surface area contributed by atoms with Crippen molar-refractivity contribution in [3.8, 4) is 0 Å². The van der Waals surface area contributed by atoms with Crippen molar-refractivity contribution in [1.82, 2.24) is 25.9 Å². The molecule has 1 saturated heterocycles. The molecule has 1 aromatic carbocycles. The molecule has 1 fully saturated rings. The van der Waals surface area contributed by atoms with E-state index in [1.165, 1.54) is 0 Å². The summed E-state index contributed by atoms with van der Waals surface area (Å²) in [6, 6.07) is 7.74. The van der Waals surface area contributed by atoms with Crippen molar-refractivity contribution in [2.75, 3.05) is 18.0 Å². The molecule has 1 aromatic heterocycles. The molecule has 8 heteroatoms. The highest BCUT2D eigenvalue weighted by Gasteiger charge is 2.22. The number of anilines is 1. The summed E-state index contributed by atoms with van der Waals surface area (Å²) in [5, 5.41) is 8.75. The molecule has 3 amide bonds. The van der Waals surface area contributed by atoms with Gasteiger partial charge in [-0.1, -0.05) is 19.1 Å². The number of urea groups is 1. The van der Waals surface area contributed by atoms with Gasteiger partial charge in [0, 0.05) is 49.5 Å². The number of aryl methyl sites for hydroxylation is 1. The van der Waals surface area contributed by atoms with Gasteiger partial charge in [-0.05, 0) is 36.5 Å². The van der Waals surface area contributed by atoms with Gasteiger partial charge in [0.15, 0.2) is 0 Å². The van der Waals surface area contributed by atoms with Crippen LogP contribution in [0.5, 0.6) is 0 Å². The van der Waals surface area contributed by atoms with Crippen LogP contribution in [0.25, 0.3) is 0 Å². The normalized spacial score (nSPS) is 16.3. The van der Waals surface area contributed by atoms with Crippen LogP contribution in [0.4, 0.5) is 10.6 Å². The third kappa shape index (κ3) is 4.47. The Bertz CT molecular complexity index is 908. The highest BCUT2D eigenvalue weighted by atomic mass is 16.2. The molecule has 2 aromatic rings. The number of carbonyl (C=O) groups excluding carboxylic acids is 2. The fourth-order valence-electron chi connectivity index (χ4n) is 3.79. The van der Waals surface area contributed by atoms with Gasteiger partial charge in [-0.25, -0.2) is 14.8 Å². The number of aromatic nitrogens is 2. The maximum Gasteiger partial charge on any atom is 0.315 e. The van der Waals surface area contributed by atoms with Gasteiger partial charge in [-0.3, -0.25) is 4.79 Å². The van der Waals surface area contributed by atoms with Gasteiger partial charge in [0.05, 0.1) is 0 Å². The van der Waals surface area contributed by atoms with Crippen LogP contribution in [0, 0.1) is 0 Å². The van der Waals surface area contributed by atoms with Crippen LogP contribution < -0.4 is 20.9 Å². The van der Waals surface area contributed by atoms with Gasteiger partial charge in [-0.2, -0.15) is 0 Å². The molecular formula is C21H26N6O2. The summed E-state index contributed by atoms with van der Waals surface area (Å²) in [4.78, 5) is 34.9. The van der Waals surface area contributed by atoms with Crippen molar-refractivity contribution < 1.29 is 9.59 Å². The third-order valence-corrected chi connectivity index (χ3v) is 5.54. The highest BCUT2D eigenvalue weighted by Crippen LogP contribution is 2.19. The van der Waals surface area contributed by atoms with Crippen LogP contribution in [-0.2, 0) is 19.5 Å². The van der Waals surface area contributed by atoms with Gasteiger partial charge >= 0.3 is 6.03 Å². The lowest BCUT2D eigenvalue weighted by Gasteiger charge is -2.33. The molecule has 0 spiro atoms. The van der Waals surface area contributed by atoms with Crippen LogP contribution in [-0.4, -0.2) is 41.0 Å². The predicted octanol–water partition coefficient (Wildman–Crippen LogP) is 1.75. The third-order valence-electron chi connectivity index (χ3n) is 5.54. The van der Waals surface area contributed by atoms with Gasteiger partial charge in [0.25, 0.3) is 5.91 Å². The van der Waals surface area contributed by atoms with Crippen molar-refractivity contribution in [3.63, 3.8) is 0 Å². The SMILES string of the molecule is CCc1cc(N2CCC(NC(=O)NCc3ccc4c(c3)C(=O)NC4)CC2)ncn1. The Morgan fingerprint density at radius 1 is 1.24 bits per heavy atom. The molecule has 2 aliphatic rings. The van der Waals surface area contributed by atoms with E-state index >= 15 is 0 Å². The number of piperidine rings is 1. The highest BCUT2D eigenvalue weighted by molar-refractivity contribution is 5.98. The molecule has 0 unspecified atom stereocenters. The number of benzene rings is 1. The lowest BCUT2D eigenvalue weighted by atomic mass is 10.1. The van der Waals surface area contributed by atoms with Crippen LogP contribution >= 0.6 is 0 Å². The summed E-state index contributed by atoms with van der Waals surface area (Å²) in [7, 11) is 0. The maximum absolute atomic E-state index is 12.3. The van der Waals surface area contributed by atoms with E-state index in [-0.39, 0.29) is 18.0 Å². The number of carbonyl (C=O) groups is 2. The molecule has 3 heterocycles. The monoisotopic (exact) mass is 394 g/mol. The molecule has 29 heavy (non-hydrogen) atoms. The quantitative estimate of drug-likeness (QED) is 0.718. The molecule has 0 saturated carbocycles. The summed E-state index contributed by atoms with van der Waals surface area (Å²) >= 11 is 0. The van der Waals surface area contributed by atoms with Gasteiger partial charge in [-0.15, -0.1) is 0 Å². The summed E-state index contributed by atoms with van der Waals surface area (Å²) in [6.45, 7) is 4.76. The molecule has 0 bridgehead atoms.